The van der Waals surface area contributed by atoms with Gasteiger partial charge in [0.05, 0.1) is 11.2 Å². The average molecular weight is 253 g/mol. The largest absolute Gasteiger partial charge is 0.320 e. The fourth-order valence-electron chi connectivity index (χ4n) is 1.65. The summed E-state index contributed by atoms with van der Waals surface area (Å²) in [6.45, 7) is 0. The van der Waals surface area contributed by atoms with E-state index in [-0.39, 0.29) is 5.54 Å². The van der Waals surface area contributed by atoms with Crippen molar-refractivity contribution in [3.8, 4) is 0 Å². The molecule has 2 N–H and O–H groups in total. The monoisotopic (exact) mass is 252 g/mol. The van der Waals surface area contributed by atoms with Gasteiger partial charge >= 0.3 is 0 Å². The van der Waals surface area contributed by atoms with E-state index in [0.29, 0.717) is 4.73 Å². The molecule has 4 nitrogen and oxygen atoms in total. The second-order valence-electron chi connectivity index (χ2n) is 3.72. The molecule has 0 atom stereocenters. The summed E-state index contributed by atoms with van der Waals surface area (Å²) in [5.74, 6) is 0. The molecule has 0 spiro atoms. The lowest BCUT2D eigenvalue weighted by Gasteiger charge is -2.09. The van der Waals surface area contributed by atoms with Crippen LogP contribution in [-0.2, 0) is 5.54 Å². The number of halogens is 1. The lowest BCUT2D eigenvalue weighted by atomic mass is 10.2. The highest BCUT2D eigenvalue weighted by Gasteiger charge is 2.42. The summed E-state index contributed by atoms with van der Waals surface area (Å²) in [7, 11) is 0. The molecule has 0 bridgehead atoms. The van der Waals surface area contributed by atoms with E-state index in [0.717, 1.165) is 24.2 Å². The van der Waals surface area contributed by atoms with Gasteiger partial charge in [0, 0.05) is 0 Å². The van der Waals surface area contributed by atoms with Crippen LogP contribution in [0.1, 0.15) is 18.5 Å². The number of hydrogen-bond donors (Lipinski definition) is 1. The van der Waals surface area contributed by atoms with Gasteiger partial charge in [0.2, 0.25) is 4.73 Å². The van der Waals surface area contributed by atoms with Crippen LogP contribution >= 0.6 is 15.9 Å². The van der Waals surface area contributed by atoms with Crippen LogP contribution in [0.4, 0.5) is 0 Å². The molecule has 0 saturated heterocycles. The first kappa shape index (κ1) is 8.38. The van der Waals surface area contributed by atoms with Gasteiger partial charge in [-0.15, -0.1) is 5.10 Å². The van der Waals surface area contributed by atoms with Crippen molar-refractivity contribution in [1.82, 2.24) is 14.6 Å². The predicted octanol–water partition coefficient (Wildman–Crippen LogP) is 1.44. The molecule has 14 heavy (non-hydrogen) atoms. The van der Waals surface area contributed by atoms with Gasteiger partial charge < -0.3 is 5.73 Å². The molecule has 1 aliphatic carbocycles. The van der Waals surface area contributed by atoms with Crippen LogP contribution < -0.4 is 5.73 Å². The second kappa shape index (κ2) is 2.55. The van der Waals surface area contributed by atoms with Crippen molar-refractivity contribution in [2.24, 2.45) is 5.73 Å². The number of fused-ring (bicyclic) bond motifs is 1. The van der Waals surface area contributed by atoms with Crippen LogP contribution in [0.15, 0.2) is 22.9 Å². The molecule has 2 heterocycles. The lowest BCUT2D eigenvalue weighted by Crippen LogP contribution is -2.22. The van der Waals surface area contributed by atoms with Crippen molar-refractivity contribution < 1.29 is 0 Å². The third-order valence-corrected chi connectivity index (χ3v) is 2.97. The van der Waals surface area contributed by atoms with Crippen LogP contribution in [0.2, 0.25) is 0 Å². The summed E-state index contributed by atoms with van der Waals surface area (Å²) in [6, 6.07) is 5.91. The van der Waals surface area contributed by atoms with Crippen molar-refractivity contribution in [1.29, 1.82) is 0 Å². The van der Waals surface area contributed by atoms with Crippen LogP contribution in [0.3, 0.4) is 0 Å². The molecule has 0 amide bonds. The van der Waals surface area contributed by atoms with Crippen LogP contribution in [-0.4, -0.2) is 14.6 Å². The number of pyridine rings is 1. The molecule has 2 aromatic rings. The van der Waals surface area contributed by atoms with E-state index < -0.39 is 0 Å². The second-order valence-corrected chi connectivity index (χ2v) is 4.43. The van der Waals surface area contributed by atoms with Gasteiger partial charge in [-0.25, -0.2) is 9.50 Å². The topological polar surface area (TPSA) is 56.2 Å². The smallest absolute Gasteiger partial charge is 0.218 e. The maximum absolute atomic E-state index is 6.14. The standard InChI is InChI=1S/C9H9BrN4/c10-8-12-7-3-1-2-6(14(7)13-8)9(11)4-5-9/h1-3H,4-5,11H2. The Kier molecular flexibility index (Phi) is 1.52. The van der Waals surface area contributed by atoms with E-state index in [1.54, 1.807) is 0 Å². The molecule has 0 aromatic carbocycles. The molecule has 72 valence electrons. The van der Waals surface area contributed by atoms with Gasteiger partial charge in [-0.3, -0.25) is 0 Å². The Morgan fingerprint density at radius 3 is 2.93 bits per heavy atom. The molecule has 0 radical (unpaired) electrons. The molecular weight excluding hydrogens is 244 g/mol. The SMILES string of the molecule is NC1(c2cccc3nc(Br)nn23)CC1. The Labute approximate surface area is 89.3 Å². The van der Waals surface area contributed by atoms with Crippen molar-refractivity contribution >= 4 is 21.6 Å². The van der Waals surface area contributed by atoms with Crippen molar-refractivity contribution in [2.75, 3.05) is 0 Å². The van der Waals surface area contributed by atoms with E-state index in [9.17, 15) is 0 Å². The molecular formula is C9H9BrN4. The predicted molar refractivity (Wildman–Crippen MR) is 55.8 cm³/mol. The highest BCUT2D eigenvalue weighted by atomic mass is 79.9. The van der Waals surface area contributed by atoms with Gasteiger partial charge in [-0.2, -0.15) is 0 Å². The highest BCUT2D eigenvalue weighted by molar-refractivity contribution is 9.10. The zero-order valence-corrected chi connectivity index (χ0v) is 9.03. The maximum Gasteiger partial charge on any atom is 0.218 e. The minimum Gasteiger partial charge on any atom is -0.320 e. The van der Waals surface area contributed by atoms with E-state index in [4.69, 9.17) is 5.73 Å². The third-order valence-electron chi connectivity index (χ3n) is 2.63. The summed E-state index contributed by atoms with van der Waals surface area (Å²) < 4.78 is 2.42. The first-order valence-corrected chi connectivity index (χ1v) is 5.29. The van der Waals surface area contributed by atoms with Gasteiger partial charge in [0.25, 0.3) is 0 Å². The lowest BCUT2D eigenvalue weighted by molar-refractivity contribution is 0.667. The minimum atomic E-state index is -0.174. The molecule has 0 unspecified atom stereocenters. The summed E-state index contributed by atoms with van der Waals surface area (Å²) in [5, 5.41) is 4.26. The number of nitrogens with zero attached hydrogens (tertiary/aromatic N) is 3. The summed E-state index contributed by atoms with van der Waals surface area (Å²) >= 11 is 3.26. The van der Waals surface area contributed by atoms with E-state index in [1.807, 2.05) is 22.7 Å². The first-order valence-electron chi connectivity index (χ1n) is 4.50. The van der Waals surface area contributed by atoms with Gasteiger partial charge in [0.1, 0.15) is 0 Å². The van der Waals surface area contributed by atoms with Crippen molar-refractivity contribution in [3.05, 3.63) is 28.6 Å². The van der Waals surface area contributed by atoms with Crippen LogP contribution in [0.25, 0.3) is 5.65 Å². The van der Waals surface area contributed by atoms with Crippen molar-refractivity contribution in [2.45, 2.75) is 18.4 Å². The Balaban J connectivity index is 2.32. The Morgan fingerprint density at radius 2 is 2.21 bits per heavy atom. The number of nitrogens with two attached hydrogens (primary N) is 1. The zero-order chi connectivity index (χ0) is 9.76. The third kappa shape index (κ3) is 1.09. The molecule has 1 saturated carbocycles. The number of rotatable bonds is 1. The number of aromatic nitrogens is 3. The quantitative estimate of drug-likeness (QED) is 0.836. The first-order chi connectivity index (χ1) is 6.69. The Bertz CT molecular complexity index is 500. The van der Waals surface area contributed by atoms with E-state index in [2.05, 4.69) is 26.0 Å². The summed E-state index contributed by atoms with van der Waals surface area (Å²) in [5.41, 5.74) is 7.85. The average Bonchev–Trinajstić information content (AvgIpc) is 2.78. The summed E-state index contributed by atoms with van der Waals surface area (Å²) in [6.07, 6.45) is 2.06. The highest BCUT2D eigenvalue weighted by Crippen LogP contribution is 2.42. The Hall–Kier alpha value is -0.940. The van der Waals surface area contributed by atoms with Crippen LogP contribution in [0.5, 0.6) is 0 Å². The normalized spacial score (nSPS) is 18.7. The van der Waals surface area contributed by atoms with Gasteiger partial charge in [0.15, 0.2) is 5.65 Å². The molecule has 2 aromatic heterocycles. The molecule has 0 aliphatic heterocycles. The maximum atomic E-state index is 6.14. The van der Waals surface area contributed by atoms with Crippen molar-refractivity contribution in [3.63, 3.8) is 0 Å². The van der Waals surface area contributed by atoms with E-state index in [1.165, 1.54) is 0 Å². The zero-order valence-electron chi connectivity index (χ0n) is 7.44. The van der Waals surface area contributed by atoms with Gasteiger partial charge in [-0.1, -0.05) is 6.07 Å². The fraction of sp³-hybridized carbons (Fsp3) is 0.333. The molecule has 3 rings (SSSR count). The minimum absolute atomic E-state index is 0.174. The van der Waals surface area contributed by atoms with Crippen LogP contribution in [0, 0.1) is 0 Å². The number of hydrogen-bond acceptors (Lipinski definition) is 3. The Morgan fingerprint density at radius 1 is 1.43 bits per heavy atom. The van der Waals surface area contributed by atoms with Gasteiger partial charge in [-0.05, 0) is 40.9 Å². The molecule has 5 heteroatoms. The summed E-state index contributed by atoms with van der Waals surface area (Å²) in [4.78, 5) is 4.23. The molecule has 1 aliphatic rings. The molecule has 1 fully saturated rings. The van der Waals surface area contributed by atoms with E-state index >= 15 is 0 Å². The fourth-order valence-corrected chi connectivity index (χ4v) is 1.99.